The van der Waals surface area contributed by atoms with Gasteiger partial charge in [-0.25, -0.2) is 0 Å². The predicted octanol–water partition coefficient (Wildman–Crippen LogP) is -2.07. The minimum atomic E-state index is 1.07. The van der Waals surface area contributed by atoms with Crippen molar-refractivity contribution in [3.8, 4) is 0 Å². The molecule has 0 spiro atoms. The summed E-state index contributed by atoms with van der Waals surface area (Å²) >= 11 is 3.38. The highest BCUT2D eigenvalue weighted by Crippen LogP contribution is 1.91. The number of rotatable bonds is 11. The largest absolute Gasteiger partial charge is 0.0928 e. The second-order valence-electron chi connectivity index (χ2n) is 2.61. The first-order chi connectivity index (χ1) is 6.91. The Labute approximate surface area is 105 Å². The van der Waals surface area contributed by atoms with Crippen LogP contribution in [0.15, 0.2) is 0 Å². The highest BCUT2D eigenvalue weighted by atomic mass is 79.9. The molecule has 0 aliphatic heterocycles. The lowest BCUT2D eigenvalue weighted by Gasteiger charge is -1.96. The molecule has 0 atom stereocenters. The van der Waals surface area contributed by atoms with Crippen LogP contribution in [0.4, 0.5) is 0 Å². The van der Waals surface area contributed by atoms with Crippen LogP contribution in [0.25, 0.3) is 0 Å². The first-order valence-electron chi connectivity index (χ1n) is 4.68. The Bertz CT molecular complexity index is 89.4. The van der Waals surface area contributed by atoms with Crippen LogP contribution in [0.2, 0.25) is 6.32 Å². The van der Waals surface area contributed by atoms with Gasteiger partial charge in [0.2, 0.25) is 0 Å². The fourth-order valence-corrected chi connectivity index (χ4v) is 1.08. The fraction of sp³-hybridized carbons (Fsp3) is 1.00. The molecule has 0 saturated heterocycles. The van der Waals surface area contributed by atoms with Crippen molar-refractivity contribution in [2.45, 2.75) is 12.7 Å². The van der Waals surface area contributed by atoms with Crippen molar-refractivity contribution in [1.29, 1.82) is 0 Å². The quantitative estimate of drug-likeness (QED) is 0.217. The average molecular weight is 230 g/mol. The second kappa shape index (κ2) is 14.1. The van der Waals surface area contributed by atoms with E-state index in [4.69, 9.17) is 7.74 Å². The summed E-state index contributed by atoms with van der Waals surface area (Å²) in [4.78, 5) is 0. The van der Waals surface area contributed by atoms with Gasteiger partial charge in [-0.05, 0) is 0 Å². The van der Waals surface area contributed by atoms with Gasteiger partial charge in [-0.15, -0.1) is 0 Å². The molecule has 14 heavy (non-hydrogen) atoms. The number of halogens is 1. The molecule has 0 aromatic rings. The molecule has 0 rings (SSSR count). The summed E-state index contributed by atoms with van der Waals surface area (Å²) in [5.41, 5.74) is 0. The van der Waals surface area contributed by atoms with Crippen LogP contribution in [-0.2, 0) is 0 Å². The Hall–Kier alpha value is 1.13. The molecule has 0 unspecified atom stereocenters. The zero-order valence-corrected chi connectivity index (χ0v) is 9.86. The summed E-state index contributed by atoms with van der Waals surface area (Å²) < 4.78 is 0. The fourth-order valence-electron chi connectivity index (χ4n) is 0.755. The van der Waals surface area contributed by atoms with Crippen molar-refractivity contribution in [2.24, 2.45) is 0 Å². The first kappa shape index (κ1) is 15.1. The van der Waals surface area contributed by atoms with E-state index in [-0.39, 0.29) is 0 Å². The first-order valence-corrected chi connectivity index (χ1v) is 5.80. The van der Waals surface area contributed by atoms with Crippen LogP contribution >= 0.6 is 15.9 Å². The van der Waals surface area contributed by atoms with E-state index in [0.717, 1.165) is 11.7 Å². The van der Waals surface area contributed by atoms with Gasteiger partial charge in [-0.2, -0.15) is 0 Å². The Balaban J connectivity index is 2.78. The minimum absolute atomic E-state index is 1.07. The number of alkyl halides is 1. The van der Waals surface area contributed by atoms with E-state index in [1.807, 2.05) is 35.3 Å². The van der Waals surface area contributed by atoms with E-state index in [9.17, 15) is 0 Å². The molecule has 0 aromatic carbocycles. The third-order valence-electron chi connectivity index (χ3n) is 1.42. The molecule has 0 amide bonds. The maximum absolute atomic E-state index is 5.16. The molecule has 0 aliphatic rings. The lowest BCUT2D eigenvalue weighted by Crippen LogP contribution is -2.31. The van der Waals surface area contributed by atoms with E-state index in [1.165, 1.54) is 13.5 Å². The van der Waals surface area contributed by atoms with Gasteiger partial charge in [0, 0.05) is 69.6 Å². The molecule has 0 bridgehead atoms. The van der Waals surface area contributed by atoms with Crippen molar-refractivity contribution in [1.82, 2.24) is 0 Å². The van der Waals surface area contributed by atoms with E-state index < -0.39 is 0 Å². The zero-order valence-electron chi connectivity index (χ0n) is 8.27. The SMILES string of the molecule is [B][B][B][B][B][B][B][B][B][B]CCCBr. The highest BCUT2D eigenvalue weighted by Gasteiger charge is 1.96. The van der Waals surface area contributed by atoms with Crippen LogP contribution in [0.3, 0.4) is 0 Å². The second-order valence-corrected chi connectivity index (χ2v) is 3.40. The maximum Gasteiger partial charge on any atom is 0.0545 e. The van der Waals surface area contributed by atoms with Crippen LogP contribution in [0, 0.1) is 0 Å². The van der Waals surface area contributed by atoms with Gasteiger partial charge in [0.05, 0.1) is 7.17 Å². The summed E-state index contributed by atoms with van der Waals surface area (Å²) in [5, 5.41) is 1.07. The summed E-state index contributed by atoms with van der Waals surface area (Å²) in [5.74, 6) is 0. The molecule has 0 heterocycles. The van der Waals surface area contributed by atoms with Crippen LogP contribution in [-0.4, -0.2) is 76.7 Å². The monoisotopic (exact) mass is 231 g/mol. The van der Waals surface area contributed by atoms with E-state index in [0.29, 0.717) is 0 Å². The van der Waals surface area contributed by atoms with Gasteiger partial charge in [0.15, 0.2) is 0 Å². The van der Waals surface area contributed by atoms with Crippen LogP contribution < -0.4 is 0 Å². The Kier molecular flexibility index (Phi) is 15.3. The topological polar surface area (TPSA) is 0 Å². The summed E-state index contributed by atoms with van der Waals surface area (Å²) in [6, 6.07) is 0. The van der Waals surface area contributed by atoms with Crippen molar-refractivity contribution in [3.63, 3.8) is 0 Å². The average Bonchev–Trinajstić information content (AvgIpc) is 2.21. The smallest absolute Gasteiger partial charge is 0.0545 e. The van der Waals surface area contributed by atoms with E-state index in [1.54, 1.807) is 7.06 Å². The molecule has 0 aliphatic carbocycles. The van der Waals surface area contributed by atoms with Crippen molar-refractivity contribution >= 4 is 87.3 Å². The lowest BCUT2D eigenvalue weighted by atomic mass is 8.89. The Morgan fingerprint density at radius 3 is 2.00 bits per heavy atom. The zero-order chi connectivity index (χ0) is 10.5. The predicted molar refractivity (Wildman–Crippen MR) is 80.8 cm³/mol. The molecule has 0 N–H and O–H groups in total. The highest BCUT2D eigenvalue weighted by molar-refractivity contribution is 9.09. The van der Waals surface area contributed by atoms with Gasteiger partial charge in [0.25, 0.3) is 0 Å². The summed E-state index contributed by atoms with van der Waals surface area (Å²) in [7, 11) is 22.5. The van der Waals surface area contributed by atoms with Gasteiger partial charge in [-0.1, -0.05) is 28.7 Å². The molecular weight excluding hydrogens is 224 g/mol. The lowest BCUT2D eigenvalue weighted by molar-refractivity contribution is 1.11. The molecule has 0 fully saturated rings. The molecule has 55 valence electrons. The third kappa shape index (κ3) is 13.1. The maximum atomic E-state index is 5.16. The van der Waals surface area contributed by atoms with Gasteiger partial charge >= 0.3 is 0 Å². The Morgan fingerprint density at radius 2 is 1.43 bits per heavy atom. The molecule has 11 radical (unpaired) electrons. The van der Waals surface area contributed by atoms with Crippen molar-refractivity contribution < 1.29 is 0 Å². The molecule has 11 heteroatoms. The normalized spacial score (nSPS) is 8.07. The molecular formula is C3H6B10Br. The van der Waals surface area contributed by atoms with Crippen molar-refractivity contribution in [2.75, 3.05) is 5.33 Å². The van der Waals surface area contributed by atoms with Crippen molar-refractivity contribution in [3.05, 3.63) is 0 Å². The number of hydrogen-bond donors (Lipinski definition) is 0. The number of hydrogen-bond acceptors (Lipinski definition) is 0. The Morgan fingerprint density at radius 1 is 0.857 bits per heavy atom. The molecule has 0 nitrogen and oxygen atoms in total. The van der Waals surface area contributed by atoms with Crippen LogP contribution in [0.1, 0.15) is 6.42 Å². The standard InChI is InChI=1S/C3H6B10Br/c4-6-8-10-12-13-11-9-7-5-2-1-3-14/h1-3H2. The summed E-state index contributed by atoms with van der Waals surface area (Å²) in [6.07, 6.45) is 2.32. The minimum Gasteiger partial charge on any atom is -0.0928 e. The van der Waals surface area contributed by atoms with Gasteiger partial charge < -0.3 is 0 Å². The van der Waals surface area contributed by atoms with Gasteiger partial charge in [0.1, 0.15) is 0 Å². The third-order valence-corrected chi connectivity index (χ3v) is 1.98. The van der Waals surface area contributed by atoms with E-state index >= 15 is 0 Å². The van der Waals surface area contributed by atoms with Gasteiger partial charge in [-0.3, -0.25) is 0 Å². The molecule has 0 aromatic heterocycles. The molecule has 0 saturated carbocycles. The summed E-state index contributed by atoms with van der Waals surface area (Å²) in [6.45, 7) is 0. The van der Waals surface area contributed by atoms with E-state index in [2.05, 4.69) is 30.2 Å². The van der Waals surface area contributed by atoms with Crippen LogP contribution in [0.5, 0.6) is 0 Å².